The molecule has 0 aromatic heterocycles. The van der Waals surface area contributed by atoms with E-state index in [9.17, 15) is 0 Å². The van der Waals surface area contributed by atoms with Gasteiger partial charge in [0.2, 0.25) is 0 Å². The number of hydrogen-bond acceptors (Lipinski definition) is 2. The van der Waals surface area contributed by atoms with Crippen LogP contribution in [0.3, 0.4) is 0 Å². The fraction of sp³-hybridized carbons (Fsp3) is 0.684. The lowest BCUT2D eigenvalue weighted by molar-refractivity contribution is 0.131. The number of nitrogens with one attached hydrogen (secondary N) is 1. The van der Waals surface area contributed by atoms with Gasteiger partial charge < -0.3 is 10.2 Å². The van der Waals surface area contributed by atoms with Gasteiger partial charge in [0.25, 0.3) is 0 Å². The van der Waals surface area contributed by atoms with Gasteiger partial charge in [0.15, 0.2) is 0 Å². The highest BCUT2D eigenvalue weighted by Gasteiger charge is 2.38. The Labute approximate surface area is 129 Å². The van der Waals surface area contributed by atoms with Crippen LogP contribution < -0.4 is 5.32 Å². The highest BCUT2D eigenvalue weighted by atomic mass is 15.2. The summed E-state index contributed by atoms with van der Waals surface area (Å²) in [6.07, 6.45) is 6.80. The van der Waals surface area contributed by atoms with Gasteiger partial charge in [-0.25, -0.2) is 0 Å². The van der Waals surface area contributed by atoms with Crippen molar-refractivity contribution in [2.45, 2.75) is 64.1 Å². The van der Waals surface area contributed by atoms with Gasteiger partial charge in [-0.3, -0.25) is 0 Å². The molecule has 1 N–H and O–H groups in total. The van der Waals surface area contributed by atoms with Crippen LogP contribution >= 0.6 is 0 Å². The molecule has 2 aliphatic heterocycles. The number of aryl methyl sites for hydroxylation is 1. The number of piperidine rings is 1. The van der Waals surface area contributed by atoms with Gasteiger partial charge in [-0.1, -0.05) is 36.8 Å². The van der Waals surface area contributed by atoms with E-state index in [1.165, 1.54) is 49.8 Å². The highest BCUT2D eigenvalue weighted by Crippen LogP contribution is 2.37. The lowest BCUT2D eigenvalue weighted by atomic mass is 9.90. The van der Waals surface area contributed by atoms with Crippen molar-refractivity contribution in [2.75, 3.05) is 13.6 Å². The zero-order chi connectivity index (χ0) is 14.8. The molecule has 3 atom stereocenters. The second-order valence-electron chi connectivity index (χ2n) is 7.17. The normalized spacial score (nSPS) is 30.5. The molecule has 0 radical (unpaired) electrons. The monoisotopic (exact) mass is 286 g/mol. The van der Waals surface area contributed by atoms with Gasteiger partial charge in [0.05, 0.1) is 0 Å². The molecule has 0 amide bonds. The number of hydrogen-bond donors (Lipinski definition) is 1. The van der Waals surface area contributed by atoms with Crippen molar-refractivity contribution in [3.63, 3.8) is 0 Å². The molecule has 2 nitrogen and oxygen atoms in total. The van der Waals surface area contributed by atoms with E-state index in [1.807, 2.05) is 0 Å². The Morgan fingerprint density at radius 3 is 2.33 bits per heavy atom. The Hall–Kier alpha value is -0.860. The first-order chi connectivity index (χ1) is 10.2. The molecule has 0 spiro atoms. The lowest BCUT2D eigenvalue weighted by Gasteiger charge is -2.37. The van der Waals surface area contributed by atoms with Crippen molar-refractivity contribution < 1.29 is 0 Å². The maximum Gasteiger partial charge on any atom is 0.0317 e. The Morgan fingerprint density at radius 2 is 1.76 bits per heavy atom. The summed E-state index contributed by atoms with van der Waals surface area (Å²) in [7, 11) is 2.33. The van der Waals surface area contributed by atoms with E-state index in [0.717, 1.165) is 18.0 Å². The van der Waals surface area contributed by atoms with Crippen molar-refractivity contribution in [2.24, 2.45) is 5.92 Å². The van der Waals surface area contributed by atoms with Crippen LogP contribution in [0.1, 0.15) is 56.2 Å². The minimum atomic E-state index is 0.517. The first kappa shape index (κ1) is 15.1. The van der Waals surface area contributed by atoms with Gasteiger partial charge in [0.1, 0.15) is 0 Å². The third kappa shape index (κ3) is 3.32. The van der Waals surface area contributed by atoms with Crippen molar-refractivity contribution in [1.29, 1.82) is 0 Å². The Morgan fingerprint density at radius 1 is 1.14 bits per heavy atom. The van der Waals surface area contributed by atoms with Crippen molar-refractivity contribution >= 4 is 0 Å². The maximum atomic E-state index is 3.84. The van der Waals surface area contributed by atoms with Gasteiger partial charge in [-0.15, -0.1) is 0 Å². The predicted molar refractivity (Wildman–Crippen MR) is 89.5 cm³/mol. The number of rotatable bonds is 5. The summed E-state index contributed by atoms with van der Waals surface area (Å²) >= 11 is 0. The fourth-order valence-corrected chi connectivity index (χ4v) is 4.30. The van der Waals surface area contributed by atoms with Gasteiger partial charge in [-0.05, 0) is 64.1 Å². The van der Waals surface area contributed by atoms with E-state index in [0.29, 0.717) is 6.04 Å². The summed E-state index contributed by atoms with van der Waals surface area (Å²) in [4.78, 5) is 2.63. The molecule has 2 aliphatic rings. The second-order valence-corrected chi connectivity index (χ2v) is 7.17. The zero-order valence-corrected chi connectivity index (χ0v) is 13.8. The molecule has 2 saturated heterocycles. The summed E-state index contributed by atoms with van der Waals surface area (Å²) in [5.74, 6) is 0.873. The molecule has 116 valence electrons. The third-order valence-electron chi connectivity index (χ3n) is 5.74. The van der Waals surface area contributed by atoms with Crippen LogP contribution in [-0.4, -0.2) is 30.6 Å². The molecule has 2 bridgehead atoms. The summed E-state index contributed by atoms with van der Waals surface area (Å²) in [5, 5.41) is 3.84. The summed E-state index contributed by atoms with van der Waals surface area (Å²) in [5.41, 5.74) is 2.79. The molecular formula is C19H30N2. The van der Waals surface area contributed by atoms with Crippen LogP contribution in [0.15, 0.2) is 24.3 Å². The van der Waals surface area contributed by atoms with Crippen LogP contribution in [0.25, 0.3) is 0 Å². The molecule has 2 fully saturated rings. The minimum absolute atomic E-state index is 0.517. The molecule has 3 rings (SSSR count). The number of fused-ring (bicyclic) bond motifs is 2. The molecule has 2 heteroatoms. The van der Waals surface area contributed by atoms with Crippen molar-refractivity contribution in [3.05, 3.63) is 35.4 Å². The van der Waals surface area contributed by atoms with E-state index in [1.54, 1.807) is 0 Å². The topological polar surface area (TPSA) is 15.3 Å². The van der Waals surface area contributed by atoms with Crippen LogP contribution in [0, 0.1) is 12.8 Å². The lowest BCUT2D eigenvalue weighted by Crippen LogP contribution is -2.42. The Kier molecular flexibility index (Phi) is 4.66. The standard InChI is InChI=1S/C19H30N2/c1-4-19(16-7-5-14(2)6-8-16)20-13-15-11-17-9-10-18(12-15)21(17)3/h5-8,15,17-20H,4,9-13H2,1-3H3. The van der Waals surface area contributed by atoms with Crippen LogP contribution in [0.4, 0.5) is 0 Å². The zero-order valence-electron chi connectivity index (χ0n) is 13.8. The number of benzene rings is 1. The molecular weight excluding hydrogens is 256 g/mol. The van der Waals surface area contributed by atoms with E-state index >= 15 is 0 Å². The molecule has 0 saturated carbocycles. The van der Waals surface area contributed by atoms with Crippen molar-refractivity contribution in [3.8, 4) is 0 Å². The maximum absolute atomic E-state index is 3.84. The first-order valence-corrected chi connectivity index (χ1v) is 8.69. The van der Waals surface area contributed by atoms with E-state index < -0.39 is 0 Å². The molecule has 1 aromatic carbocycles. The molecule has 3 unspecified atom stereocenters. The molecule has 21 heavy (non-hydrogen) atoms. The van der Waals surface area contributed by atoms with E-state index in [4.69, 9.17) is 0 Å². The third-order valence-corrected chi connectivity index (χ3v) is 5.74. The predicted octanol–water partition coefficient (Wildman–Crippen LogP) is 3.91. The second kappa shape index (κ2) is 6.50. The Bertz CT molecular complexity index is 439. The van der Waals surface area contributed by atoms with Crippen LogP contribution in [0.5, 0.6) is 0 Å². The highest BCUT2D eigenvalue weighted by molar-refractivity contribution is 5.24. The van der Waals surface area contributed by atoms with Crippen LogP contribution in [-0.2, 0) is 0 Å². The minimum Gasteiger partial charge on any atom is -0.310 e. The summed E-state index contributed by atoms with van der Waals surface area (Å²) < 4.78 is 0. The number of nitrogens with zero attached hydrogens (tertiary/aromatic N) is 1. The summed E-state index contributed by atoms with van der Waals surface area (Å²) in [6, 6.07) is 11.3. The van der Waals surface area contributed by atoms with E-state index in [-0.39, 0.29) is 0 Å². The summed E-state index contributed by atoms with van der Waals surface area (Å²) in [6.45, 7) is 5.63. The average Bonchev–Trinajstić information content (AvgIpc) is 2.72. The van der Waals surface area contributed by atoms with Gasteiger partial charge in [0, 0.05) is 18.1 Å². The SMILES string of the molecule is CCC(NCC1CC2CCC(C1)N2C)c1ccc(C)cc1. The first-order valence-electron chi connectivity index (χ1n) is 8.69. The van der Waals surface area contributed by atoms with Crippen LogP contribution in [0.2, 0.25) is 0 Å². The smallest absolute Gasteiger partial charge is 0.0317 e. The van der Waals surface area contributed by atoms with Gasteiger partial charge >= 0.3 is 0 Å². The Balaban J connectivity index is 1.55. The van der Waals surface area contributed by atoms with Crippen molar-refractivity contribution in [1.82, 2.24) is 10.2 Å². The fourth-order valence-electron chi connectivity index (χ4n) is 4.30. The van der Waals surface area contributed by atoms with Gasteiger partial charge in [-0.2, -0.15) is 0 Å². The largest absolute Gasteiger partial charge is 0.310 e. The average molecular weight is 286 g/mol. The molecule has 0 aliphatic carbocycles. The molecule has 1 aromatic rings. The van der Waals surface area contributed by atoms with E-state index in [2.05, 4.69) is 55.4 Å². The quantitative estimate of drug-likeness (QED) is 0.883. The molecule has 2 heterocycles.